The third-order valence-corrected chi connectivity index (χ3v) is 5.01. The van der Waals surface area contributed by atoms with E-state index in [2.05, 4.69) is 29.6 Å². The Morgan fingerprint density at radius 3 is 2.24 bits per heavy atom. The Bertz CT molecular complexity index is 728. The highest BCUT2D eigenvalue weighted by atomic mass is 16.5. The average Bonchev–Trinajstić information content (AvgIpc) is 2.72. The Hall–Kier alpha value is -2.37. The number of aliphatic hydroxyl groups excluding tert-OH is 1. The number of carbonyl (C=O) groups excluding carboxylic acids is 1. The van der Waals surface area contributed by atoms with Crippen LogP contribution >= 0.6 is 0 Å². The van der Waals surface area contributed by atoms with Crippen LogP contribution in [0.25, 0.3) is 0 Å². The van der Waals surface area contributed by atoms with Crippen molar-refractivity contribution in [2.75, 3.05) is 13.2 Å². The van der Waals surface area contributed by atoms with E-state index in [4.69, 9.17) is 4.74 Å². The molecule has 0 spiro atoms. The van der Waals surface area contributed by atoms with E-state index < -0.39 is 6.10 Å². The van der Waals surface area contributed by atoms with Gasteiger partial charge in [-0.2, -0.15) is 0 Å². The number of aromatic hydroxyl groups is 1. The molecule has 0 aliphatic carbocycles. The molecule has 5 nitrogen and oxygen atoms in total. The van der Waals surface area contributed by atoms with Crippen LogP contribution in [0.1, 0.15) is 55.9 Å². The van der Waals surface area contributed by atoms with Crippen LogP contribution in [0.3, 0.4) is 0 Å². The van der Waals surface area contributed by atoms with Crippen molar-refractivity contribution in [3.05, 3.63) is 65.2 Å². The molecule has 0 amide bonds. The highest BCUT2D eigenvalue weighted by molar-refractivity contribution is 5.69. The van der Waals surface area contributed by atoms with Gasteiger partial charge in [-0.05, 0) is 74.9 Å². The fourth-order valence-corrected chi connectivity index (χ4v) is 3.22. The number of ether oxygens (including phenoxy) is 1. The number of unbranched alkanes of at least 4 members (excludes halogenated alkanes) is 1. The van der Waals surface area contributed by atoms with Crippen molar-refractivity contribution in [1.82, 2.24) is 5.32 Å². The van der Waals surface area contributed by atoms with E-state index in [0.717, 1.165) is 37.8 Å². The summed E-state index contributed by atoms with van der Waals surface area (Å²) in [6.45, 7) is 5.00. The number of hydrogen-bond donors (Lipinski definition) is 3. The lowest BCUT2D eigenvalue weighted by Crippen LogP contribution is -2.33. The summed E-state index contributed by atoms with van der Waals surface area (Å²) in [7, 11) is 0. The van der Waals surface area contributed by atoms with Gasteiger partial charge < -0.3 is 20.3 Å². The SMILES string of the molecule is CCOC(=O)CCCCc1ccc(CCNC(C)C(O)c2ccc(O)cc2)cc1. The molecule has 0 fully saturated rings. The molecule has 0 heterocycles. The first-order chi connectivity index (χ1) is 14.0. The van der Waals surface area contributed by atoms with Crippen LogP contribution in [0.4, 0.5) is 0 Å². The summed E-state index contributed by atoms with van der Waals surface area (Å²) in [4.78, 5) is 11.3. The maximum atomic E-state index is 11.3. The minimum atomic E-state index is -0.618. The summed E-state index contributed by atoms with van der Waals surface area (Å²) >= 11 is 0. The summed E-state index contributed by atoms with van der Waals surface area (Å²) < 4.78 is 4.94. The van der Waals surface area contributed by atoms with Crippen molar-refractivity contribution in [3.8, 4) is 5.75 Å². The van der Waals surface area contributed by atoms with Crippen LogP contribution < -0.4 is 5.32 Å². The Morgan fingerprint density at radius 2 is 1.62 bits per heavy atom. The highest BCUT2D eigenvalue weighted by Gasteiger charge is 2.15. The molecule has 0 saturated heterocycles. The van der Waals surface area contributed by atoms with Crippen LogP contribution in [0.15, 0.2) is 48.5 Å². The Kier molecular flexibility index (Phi) is 9.68. The molecule has 158 valence electrons. The second-order valence-electron chi connectivity index (χ2n) is 7.36. The van der Waals surface area contributed by atoms with Crippen molar-refractivity contribution in [3.63, 3.8) is 0 Å². The number of aryl methyl sites for hydroxylation is 1. The van der Waals surface area contributed by atoms with Gasteiger partial charge in [0.2, 0.25) is 0 Å². The molecule has 29 heavy (non-hydrogen) atoms. The maximum Gasteiger partial charge on any atom is 0.305 e. The molecule has 0 aliphatic rings. The summed E-state index contributed by atoms with van der Waals surface area (Å²) in [6.07, 6.45) is 3.56. The zero-order valence-corrected chi connectivity index (χ0v) is 17.4. The first-order valence-electron chi connectivity index (χ1n) is 10.4. The predicted octanol–water partition coefficient (Wildman–Crippen LogP) is 3.92. The fraction of sp³-hybridized carbons (Fsp3) is 0.458. The van der Waals surface area contributed by atoms with Crippen molar-refractivity contribution in [2.24, 2.45) is 0 Å². The predicted molar refractivity (Wildman–Crippen MR) is 115 cm³/mol. The first kappa shape index (κ1) is 22.9. The largest absolute Gasteiger partial charge is 0.508 e. The molecular formula is C24H33NO4. The van der Waals surface area contributed by atoms with Crippen molar-refractivity contribution in [1.29, 1.82) is 0 Å². The van der Waals surface area contributed by atoms with Crippen molar-refractivity contribution < 1.29 is 19.7 Å². The number of aliphatic hydroxyl groups is 1. The number of phenols is 1. The number of rotatable bonds is 12. The van der Waals surface area contributed by atoms with Crippen molar-refractivity contribution in [2.45, 2.75) is 58.1 Å². The minimum absolute atomic E-state index is 0.0850. The van der Waals surface area contributed by atoms with Gasteiger partial charge in [-0.15, -0.1) is 0 Å². The third kappa shape index (κ3) is 8.26. The lowest BCUT2D eigenvalue weighted by molar-refractivity contribution is -0.143. The molecule has 2 unspecified atom stereocenters. The van der Waals surface area contributed by atoms with Crippen LogP contribution in [0, 0.1) is 0 Å². The van der Waals surface area contributed by atoms with Gasteiger partial charge in [0.1, 0.15) is 5.75 Å². The molecule has 0 radical (unpaired) electrons. The first-order valence-corrected chi connectivity index (χ1v) is 10.4. The van der Waals surface area contributed by atoms with Crippen LogP contribution in [0.5, 0.6) is 5.75 Å². The lowest BCUT2D eigenvalue weighted by Gasteiger charge is -2.20. The van der Waals surface area contributed by atoms with Gasteiger partial charge in [0.05, 0.1) is 12.7 Å². The Balaban J connectivity index is 1.67. The van der Waals surface area contributed by atoms with E-state index in [-0.39, 0.29) is 17.8 Å². The number of nitrogens with one attached hydrogen (secondary N) is 1. The van der Waals surface area contributed by atoms with Gasteiger partial charge in [0.25, 0.3) is 0 Å². The highest BCUT2D eigenvalue weighted by Crippen LogP contribution is 2.19. The number of phenolic OH excluding ortho intramolecular Hbond substituents is 1. The van der Waals surface area contributed by atoms with E-state index in [1.54, 1.807) is 24.3 Å². The maximum absolute atomic E-state index is 11.3. The molecule has 5 heteroatoms. The molecule has 0 saturated carbocycles. The zero-order valence-electron chi connectivity index (χ0n) is 17.4. The Morgan fingerprint density at radius 1 is 1.00 bits per heavy atom. The molecule has 2 aromatic carbocycles. The average molecular weight is 400 g/mol. The van der Waals surface area contributed by atoms with Gasteiger partial charge in [-0.1, -0.05) is 36.4 Å². The van der Waals surface area contributed by atoms with E-state index in [1.165, 1.54) is 11.1 Å². The smallest absolute Gasteiger partial charge is 0.305 e. The minimum Gasteiger partial charge on any atom is -0.508 e. The third-order valence-electron chi connectivity index (χ3n) is 5.01. The molecular weight excluding hydrogens is 366 g/mol. The van der Waals surface area contributed by atoms with Crippen LogP contribution in [0.2, 0.25) is 0 Å². The van der Waals surface area contributed by atoms with Gasteiger partial charge in [-0.25, -0.2) is 0 Å². The Labute approximate surface area is 173 Å². The number of hydrogen-bond acceptors (Lipinski definition) is 5. The van der Waals surface area contributed by atoms with Gasteiger partial charge in [0, 0.05) is 12.5 Å². The zero-order chi connectivity index (χ0) is 21.1. The standard InChI is InChI=1S/C24H33NO4/c1-3-29-23(27)7-5-4-6-19-8-10-20(11-9-19)16-17-25-18(2)24(28)21-12-14-22(26)15-13-21/h8-15,18,24-26,28H,3-7,16-17H2,1-2H3. The normalized spacial score (nSPS) is 13.1. The summed E-state index contributed by atoms with van der Waals surface area (Å²) in [5.74, 6) is 0.0871. The second kappa shape index (κ2) is 12.2. The molecule has 2 aromatic rings. The number of esters is 1. The molecule has 3 N–H and O–H groups in total. The van der Waals surface area contributed by atoms with E-state index in [9.17, 15) is 15.0 Å². The van der Waals surface area contributed by atoms with Gasteiger partial charge in [0.15, 0.2) is 0 Å². The molecule has 0 aromatic heterocycles. The van der Waals surface area contributed by atoms with Gasteiger partial charge >= 0.3 is 5.97 Å². The molecule has 2 atom stereocenters. The van der Waals surface area contributed by atoms with Gasteiger partial charge in [-0.3, -0.25) is 4.79 Å². The lowest BCUT2D eigenvalue weighted by atomic mass is 10.0. The summed E-state index contributed by atoms with van der Waals surface area (Å²) in [5.41, 5.74) is 3.32. The van der Waals surface area contributed by atoms with E-state index in [0.29, 0.717) is 13.0 Å². The second-order valence-corrected chi connectivity index (χ2v) is 7.36. The van der Waals surface area contributed by atoms with Crippen molar-refractivity contribution >= 4 is 5.97 Å². The van der Waals surface area contributed by atoms with Crippen LogP contribution in [-0.2, 0) is 22.4 Å². The fourth-order valence-electron chi connectivity index (χ4n) is 3.22. The molecule has 2 rings (SSSR count). The summed E-state index contributed by atoms with van der Waals surface area (Å²) in [5, 5.41) is 23.1. The topological polar surface area (TPSA) is 78.8 Å². The molecule has 0 bridgehead atoms. The van der Waals surface area contributed by atoms with Crippen LogP contribution in [-0.4, -0.2) is 35.4 Å². The van der Waals surface area contributed by atoms with E-state index >= 15 is 0 Å². The van der Waals surface area contributed by atoms with E-state index in [1.807, 2.05) is 13.8 Å². The summed E-state index contributed by atoms with van der Waals surface area (Å²) in [6, 6.07) is 15.1. The quantitative estimate of drug-likeness (QED) is 0.372. The number of benzene rings is 2. The monoisotopic (exact) mass is 399 g/mol. The number of carbonyl (C=O) groups is 1. The molecule has 0 aliphatic heterocycles.